The zero-order chi connectivity index (χ0) is 14.7. The van der Waals surface area contributed by atoms with E-state index in [1.54, 1.807) is 0 Å². The van der Waals surface area contributed by atoms with Gasteiger partial charge in [-0.2, -0.15) is 5.10 Å². The van der Waals surface area contributed by atoms with Crippen LogP contribution in [0.2, 0.25) is 0 Å². The van der Waals surface area contributed by atoms with Crippen molar-refractivity contribution in [3.8, 4) is 16.9 Å². The number of hydrogen-bond donors (Lipinski definition) is 0. The number of hydrogen-bond acceptors (Lipinski definition) is 1. The van der Waals surface area contributed by atoms with Crippen molar-refractivity contribution in [2.75, 3.05) is 0 Å². The minimum Gasteiger partial charge on any atom is -0.233 e. The fourth-order valence-corrected chi connectivity index (χ4v) is 2.76. The van der Waals surface area contributed by atoms with E-state index in [-0.39, 0.29) is 0 Å². The number of rotatable bonds is 4. The maximum atomic E-state index is 4.79. The first-order valence-electron chi connectivity index (χ1n) is 7.50. The first kappa shape index (κ1) is 13.6. The molecule has 3 rings (SSSR count). The molecule has 0 unspecified atom stereocenters. The summed E-state index contributed by atoms with van der Waals surface area (Å²) in [7, 11) is 0. The molecule has 0 N–H and O–H groups in total. The van der Waals surface area contributed by atoms with Crippen LogP contribution >= 0.6 is 0 Å². The fraction of sp³-hybridized carbons (Fsp3) is 0.211. The Balaban J connectivity index is 2.23. The average Bonchev–Trinajstić information content (AvgIpc) is 2.86. The Bertz CT molecular complexity index is 712. The standard InChI is InChI=1S/C19H20N2/c1-3-10-18-15(2)20-21(17-13-8-5-9-14-17)19(18)16-11-6-4-7-12-16/h4-9,11-14H,3,10H2,1-2H3. The lowest BCUT2D eigenvalue weighted by Crippen LogP contribution is -1.99. The van der Waals surface area contributed by atoms with E-state index in [1.807, 2.05) is 6.07 Å². The predicted octanol–water partition coefficient (Wildman–Crippen LogP) is 4.80. The van der Waals surface area contributed by atoms with Gasteiger partial charge in [0.05, 0.1) is 17.1 Å². The third-order valence-corrected chi connectivity index (χ3v) is 3.73. The molecule has 0 aliphatic carbocycles. The molecule has 2 aromatic carbocycles. The van der Waals surface area contributed by atoms with E-state index in [1.165, 1.54) is 16.8 Å². The van der Waals surface area contributed by atoms with Gasteiger partial charge in [0, 0.05) is 11.1 Å². The summed E-state index contributed by atoms with van der Waals surface area (Å²) in [5.74, 6) is 0. The van der Waals surface area contributed by atoms with Crippen molar-refractivity contribution in [2.45, 2.75) is 26.7 Å². The molecule has 0 saturated heterocycles. The molecular weight excluding hydrogens is 256 g/mol. The lowest BCUT2D eigenvalue weighted by atomic mass is 10.0. The lowest BCUT2D eigenvalue weighted by Gasteiger charge is -2.10. The average molecular weight is 276 g/mol. The SMILES string of the molecule is CCCc1c(C)nn(-c2ccccc2)c1-c1ccccc1. The molecule has 0 saturated carbocycles. The molecule has 0 aliphatic heterocycles. The number of nitrogens with zero attached hydrogens (tertiary/aromatic N) is 2. The molecule has 21 heavy (non-hydrogen) atoms. The summed E-state index contributed by atoms with van der Waals surface area (Å²) in [4.78, 5) is 0. The second-order valence-electron chi connectivity index (χ2n) is 5.28. The van der Waals surface area contributed by atoms with Gasteiger partial charge in [-0.05, 0) is 25.5 Å². The molecule has 0 radical (unpaired) electrons. The highest BCUT2D eigenvalue weighted by Crippen LogP contribution is 2.29. The van der Waals surface area contributed by atoms with Crippen LogP contribution in [-0.4, -0.2) is 9.78 Å². The van der Waals surface area contributed by atoms with Crippen LogP contribution in [0.1, 0.15) is 24.6 Å². The second-order valence-corrected chi connectivity index (χ2v) is 5.28. The van der Waals surface area contributed by atoms with Gasteiger partial charge in [0.2, 0.25) is 0 Å². The van der Waals surface area contributed by atoms with E-state index in [9.17, 15) is 0 Å². The van der Waals surface area contributed by atoms with Crippen molar-refractivity contribution in [3.63, 3.8) is 0 Å². The lowest BCUT2D eigenvalue weighted by molar-refractivity contribution is 0.869. The highest BCUT2D eigenvalue weighted by Gasteiger charge is 2.16. The molecule has 0 amide bonds. The van der Waals surface area contributed by atoms with Crippen LogP contribution in [0, 0.1) is 6.92 Å². The van der Waals surface area contributed by atoms with E-state index in [2.05, 4.69) is 73.1 Å². The first-order valence-corrected chi connectivity index (χ1v) is 7.50. The van der Waals surface area contributed by atoms with Crippen molar-refractivity contribution in [3.05, 3.63) is 71.9 Å². The smallest absolute Gasteiger partial charge is 0.0775 e. The molecule has 0 aliphatic rings. The van der Waals surface area contributed by atoms with Crippen molar-refractivity contribution >= 4 is 0 Å². The molecule has 0 bridgehead atoms. The number of para-hydroxylation sites is 1. The molecule has 1 aromatic heterocycles. The Hall–Kier alpha value is -2.35. The topological polar surface area (TPSA) is 17.8 Å². The maximum absolute atomic E-state index is 4.79. The van der Waals surface area contributed by atoms with Crippen LogP contribution < -0.4 is 0 Å². The van der Waals surface area contributed by atoms with Crippen LogP contribution in [0.4, 0.5) is 0 Å². The third-order valence-electron chi connectivity index (χ3n) is 3.73. The van der Waals surface area contributed by atoms with Gasteiger partial charge in [-0.15, -0.1) is 0 Å². The van der Waals surface area contributed by atoms with Crippen molar-refractivity contribution in [1.29, 1.82) is 0 Å². The van der Waals surface area contributed by atoms with Crippen LogP contribution in [0.15, 0.2) is 60.7 Å². The van der Waals surface area contributed by atoms with E-state index in [4.69, 9.17) is 5.10 Å². The molecule has 0 atom stereocenters. The molecule has 3 aromatic rings. The Morgan fingerprint density at radius 2 is 1.52 bits per heavy atom. The Kier molecular flexibility index (Phi) is 3.87. The van der Waals surface area contributed by atoms with Gasteiger partial charge in [0.1, 0.15) is 0 Å². The van der Waals surface area contributed by atoms with Crippen LogP contribution in [-0.2, 0) is 6.42 Å². The summed E-state index contributed by atoms with van der Waals surface area (Å²) in [6, 6.07) is 20.9. The highest BCUT2D eigenvalue weighted by molar-refractivity contribution is 5.67. The Morgan fingerprint density at radius 3 is 2.14 bits per heavy atom. The Labute approximate surface area is 126 Å². The summed E-state index contributed by atoms with van der Waals surface area (Å²) in [5, 5.41) is 4.79. The number of aromatic nitrogens is 2. The van der Waals surface area contributed by atoms with Gasteiger partial charge in [-0.25, -0.2) is 4.68 Å². The second kappa shape index (κ2) is 5.96. The van der Waals surface area contributed by atoms with E-state index in [0.29, 0.717) is 0 Å². The summed E-state index contributed by atoms with van der Waals surface area (Å²) >= 11 is 0. The molecular formula is C19H20N2. The minimum absolute atomic E-state index is 1.06. The van der Waals surface area contributed by atoms with Gasteiger partial charge >= 0.3 is 0 Å². The van der Waals surface area contributed by atoms with Gasteiger partial charge in [-0.1, -0.05) is 61.9 Å². The van der Waals surface area contributed by atoms with E-state index >= 15 is 0 Å². The normalized spacial score (nSPS) is 10.8. The molecule has 0 fully saturated rings. The van der Waals surface area contributed by atoms with Gasteiger partial charge in [0.25, 0.3) is 0 Å². The van der Waals surface area contributed by atoms with Crippen LogP contribution in [0.5, 0.6) is 0 Å². The molecule has 1 heterocycles. The van der Waals surface area contributed by atoms with Crippen molar-refractivity contribution in [2.24, 2.45) is 0 Å². The first-order chi connectivity index (χ1) is 10.3. The third kappa shape index (κ3) is 2.62. The monoisotopic (exact) mass is 276 g/mol. The summed E-state index contributed by atoms with van der Waals surface area (Å²) < 4.78 is 2.08. The predicted molar refractivity (Wildman–Crippen MR) is 87.7 cm³/mol. The molecule has 2 heteroatoms. The van der Waals surface area contributed by atoms with Gasteiger partial charge in [-0.3, -0.25) is 0 Å². The van der Waals surface area contributed by atoms with Crippen LogP contribution in [0.3, 0.4) is 0 Å². The summed E-state index contributed by atoms with van der Waals surface area (Å²) in [5.41, 5.74) is 6.04. The maximum Gasteiger partial charge on any atom is 0.0775 e. The van der Waals surface area contributed by atoms with Crippen molar-refractivity contribution < 1.29 is 0 Å². The van der Waals surface area contributed by atoms with Gasteiger partial charge in [0.15, 0.2) is 0 Å². The molecule has 106 valence electrons. The highest BCUT2D eigenvalue weighted by atomic mass is 15.3. The Morgan fingerprint density at radius 1 is 0.905 bits per heavy atom. The van der Waals surface area contributed by atoms with E-state index < -0.39 is 0 Å². The van der Waals surface area contributed by atoms with Crippen LogP contribution in [0.25, 0.3) is 16.9 Å². The quantitative estimate of drug-likeness (QED) is 0.669. The summed E-state index contributed by atoms with van der Waals surface area (Å²) in [6.45, 7) is 4.32. The summed E-state index contributed by atoms with van der Waals surface area (Å²) in [6.07, 6.45) is 2.18. The molecule has 0 spiro atoms. The zero-order valence-corrected chi connectivity index (χ0v) is 12.6. The molecule has 2 nitrogen and oxygen atoms in total. The van der Waals surface area contributed by atoms with Gasteiger partial charge < -0.3 is 0 Å². The van der Waals surface area contributed by atoms with Crippen molar-refractivity contribution in [1.82, 2.24) is 9.78 Å². The zero-order valence-electron chi connectivity index (χ0n) is 12.6. The fourth-order valence-electron chi connectivity index (χ4n) is 2.76. The number of benzene rings is 2. The minimum atomic E-state index is 1.06. The largest absolute Gasteiger partial charge is 0.233 e. The van der Waals surface area contributed by atoms with E-state index in [0.717, 1.165) is 24.2 Å². The number of aryl methyl sites for hydroxylation is 1.